The number of amides is 2. The Balaban J connectivity index is 2.14. The van der Waals surface area contributed by atoms with Crippen LogP contribution in [0.5, 0.6) is 5.75 Å². The number of carbonyl (C=O) groups excluding carboxylic acids is 2. The molecule has 2 aromatic carbocycles. The molecule has 27 heavy (non-hydrogen) atoms. The molecule has 7 heteroatoms. The first-order valence-corrected chi connectivity index (χ1v) is 9.78. The molecule has 5 nitrogen and oxygen atoms in total. The lowest BCUT2D eigenvalue weighted by atomic mass is 10.1. The van der Waals surface area contributed by atoms with Crippen LogP contribution >= 0.6 is 27.5 Å². The van der Waals surface area contributed by atoms with E-state index in [1.807, 2.05) is 37.3 Å². The first-order valence-electron chi connectivity index (χ1n) is 8.61. The fraction of sp³-hybridized carbons (Fsp3) is 0.300. The lowest BCUT2D eigenvalue weighted by molar-refractivity contribution is -0.142. The number of halogens is 2. The number of ether oxygens (including phenoxy) is 1. The summed E-state index contributed by atoms with van der Waals surface area (Å²) in [4.78, 5) is 26.6. The Bertz CT molecular complexity index is 783. The minimum Gasteiger partial charge on any atom is -0.484 e. The molecule has 1 atom stereocenters. The fourth-order valence-corrected chi connectivity index (χ4v) is 2.93. The van der Waals surface area contributed by atoms with Crippen LogP contribution in [0.4, 0.5) is 0 Å². The van der Waals surface area contributed by atoms with Gasteiger partial charge in [-0.05, 0) is 49.7 Å². The van der Waals surface area contributed by atoms with Gasteiger partial charge in [-0.2, -0.15) is 0 Å². The van der Waals surface area contributed by atoms with Gasteiger partial charge < -0.3 is 15.0 Å². The summed E-state index contributed by atoms with van der Waals surface area (Å²) in [7, 11) is 0. The quantitative estimate of drug-likeness (QED) is 0.656. The molecular weight excluding hydrogens is 432 g/mol. The number of likely N-dealkylation sites (N-methyl/N-ethyl adjacent to an activating group) is 1. The number of hydrogen-bond donors (Lipinski definition) is 1. The second-order valence-electron chi connectivity index (χ2n) is 5.93. The summed E-state index contributed by atoms with van der Waals surface area (Å²) in [5.41, 5.74) is 0.771. The molecule has 0 spiro atoms. The molecule has 2 rings (SSSR count). The van der Waals surface area contributed by atoms with E-state index in [1.165, 1.54) is 4.90 Å². The SMILES string of the molecule is CCNC(=O)[C@@H](C)N(Cc1ccccc1Cl)C(=O)COc1ccc(Br)cc1. The highest BCUT2D eigenvalue weighted by molar-refractivity contribution is 9.10. The van der Waals surface area contributed by atoms with E-state index >= 15 is 0 Å². The van der Waals surface area contributed by atoms with Gasteiger partial charge in [-0.25, -0.2) is 0 Å². The lowest BCUT2D eigenvalue weighted by Gasteiger charge is -2.29. The van der Waals surface area contributed by atoms with Gasteiger partial charge >= 0.3 is 0 Å². The minimum absolute atomic E-state index is 0.171. The summed E-state index contributed by atoms with van der Waals surface area (Å²) >= 11 is 9.59. The standard InChI is InChI=1S/C20H22BrClN2O3/c1-3-23-20(26)14(2)24(12-15-6-4-5-7-18(15)22)19(25)13-27-17-10-8-16(21)9-11-17/h4-11,14H,3,12-13H2,1-2H3,(H,23,26)/t14-/m1/s1. The maximum absolute atomic E-state index is 12.8. The third-order valence-corrected chi connectivity index (χ3v) is 4.89. The van der Waals surface area contributed by atoms with Crippen LogP contribution in [0.2, 0.25) is 5.02 Å². The first-order chi connectivity index (χ1) is 12.9. The molecule has 2 aromatic rings. The van der Waals surface area contributed by atoms with E-state index in [4.69, 9.17) is 16.3 Å². The fourth-order valence-electron chi connectivity index (χ4n) is 2.47. The van der Waals surface area contributed by atoms with Crippen molar-refractivity contribution in [3.63, 3.8) is 0 Å². The van der Waals surface area contributed by atoms with E-state index in [0.29, 0.717) is 17.3 Å². The zero-order valence-corrected chi connectivity index (χ0v) is 17.6. The Labute approximate surface area is 172 Å². The van der Waals surface area contributed by atoms with Crippen LogP contribution in [-0.4, -0.2) is 35.9 Å². The van der Waals surface area contributed by atoms with Crippen molar-refractivity contribution in [2.45, 2.75) is 26.4 Å². The number of benzene rings is 2. The second kappa shape index (κ2) is 10.3. The molecule has 0 aliphatic carbocycles. The molecule has 0 aliphatic rings. The van der Waals surface area contributed by atoms with Gasteiger partial charge in [-0.1, -0.05) is 45.7 Å². The van der Waals surface area contributed by atoms with Gasteiger partial charge in [0.1, 0.15) is 11.8 Å². The van der Waals surface area contributed by atoms with Gasteiger partial charge in [0.05, 0.1) is 0 Å². The van der Waals surface area contributed by atoms with E-state index < -0.39 is 6.04 Å². The van der Waals surface area contributed by atoms with Crippen molar-refractivity contribution in [2.24, 2.45) is 0 Å². The van der Waals surface area contributed by atoms with Crippen molar-refractivity contribution in [3.05, 3.63) is 63.6 Å². The second-order valence-corrected chi connectivity index (χ2v) is 7.25. The molecule has 0 unspecified atom stereocenters. The van der Waals surface area contributed by atoms with Crippen LogP contribution in [-0.2, 0) is 16.1 Å². The van der Waals surface area contributed by atoms with E-state index in [0.717, 1.165) is 10.0 Å². The van der Waals surface area contributed by atoms with Crippen LogP contribution in [0.15, 0.2) is 53.0 Å². The van der Waals surface area contributed by atoms with Crippen LogP contribution in [0.25, 0.3) is 0 Å². The first kappa shape index (κ1) is 21.3. The summed E-state index contributed by atoms with van der Waals surface area (Å²) in [6, 6.07) is 13.8. The molecular formula is C20H22BrClN2O3. The van der Waals surface area contributed by atoms with Crippen molar-refractivity contribution in [1.82, 2.24) is 10.2 Å². The zero-order valence-electron chi connectivity index (χ0n) is 15.2. The molecule has 0 radical (unpaired) electrons. The number of carbonyl (C=O) groups is 2. The van der Waals surface area contributed by atoms with Crippen LogP contribution in [0.3, 0.4) is 0 Å². The maximum Gasteiger partial charge on any atom is 0.261 e. The highest BCUT2D eigenvalue weighted by Crippen LogP contribution is 2.20. The lowest BCUT2D eigenvalue weighted by Crippen LogP contribution is -2.49. The Hall–Kier alpha value is -2.05. The van der Waals surface area contributed by atoms with Crippen LogP contribution in [0, 0.1) is 0 Å². The van der Waals surface area contributed by atoms with Crippen molar-refractivity contribution in [2.75, 3.05) is 13.2 Å². The summed E-state index contributed by atoms with van der Waals surface area (Å²) in [5, 5.41) is 3.30. The van der Waals surface area contributed by atoms with E-state index in [1.54, 1.807) is 25.1 Å². The normalized spacial score (nSPS) is 11.6. The molecule has 0 aliphatic heterocycles. The molecule has 0 aromatic heterocycles. The molecule has 0 heterocycles. The minimum atomic E-state index is -0.651. The smallest absolute Gasteiger partial charge is 0.261 e. The summed E-state index contributed by atoms with van der Waals surface area (Å²) in [5.74, 6) is 0.0630. The molecule has 0 saturated carbocycles. The topological polar surface area (TPSA) is 58.6 Å². The average molecular weight is 454 g/mol. The molecule has 0 bridgehead atoms. The van der Waals surface area contributed by atoms with Gasteiger partial charge in [-0.3, -0.25) is 9.59 Å². The highest BCUT2D eigenvalue weighted by atomic mass is 79.9. The van der Waals surface area contributed by atoms with E-state index in [9.17, 15) is 9.59 Å². The average Bonchev–Trinajstić information content (AvgIpc) is 2.66. The third kappa shape index (κ3) is 6.26. The van der Waals surface area contributed by atoms with Crippen LogP contribution in [0.1, 0.15) is 19.4 Å². The van der Waals surface area contributed by atoms with Crippen molar-refractivity contribution in [1.29, 1.82) is 0 Å². The van der Waals surface area contributed by atoms with Gasteiger partial charge in [0.2, 0.25) is 5.91 Å². The molecule has 0 saturated heterocycles. The molecule has 2 amide bonds. The predicted octanol–water partition coefficient (Wildman–Crippen LogP) is 4.03. The van der Waals surface area contributed by atoms with Gasteiger partial charge in [-0.15, -0.1) is 0 Å². The Morgan fingerprint density at radius 3 is 2.48 bits per heavy atom. The summed E-state index contributed by atoms with van der Waals surface area (Å²) in [6.07, 6.45) is 0. The van der Waals surface area contributed by atoms with Crippen molar-refractivity contribution >= 4 is 39.3 Å². The Morgan fingerprint density at radius 1 is 1.19 bits per heavy atom. The van der Waals surface area contributed by atoms with E-state index in [-0.39, 0.29) is 25.0 Å². The van der Waals surface area contributed by atoms with E-state index in [2.05, 4.69) is 21.2 Å². The predicted molar refractivity (Wildman–Crippen MR) is 110 cm³/mol. The molecule has 144 valence electrons. The van der Waals surface area contributed by atoms with Gasteiger partial charge in [0, 0.05) is 22.6 Å². The Kier molecular flexibility index (Phi) is 8.13. The number of nitrogens with one attached hydrogen (secondary N) is 1. The Morgan fingerprint density at radius 2 is 1.85 bits per heavy atom. The monoisotopic (exact) mass is 452 g/mol. The van der Waals surface area contributed by atoms with Crippen LogP contribution < -0.4 is 10.1 Å². The molecule has 1 N–H and O–H groups in total. The summed E-state index contributed by atoms with van der Waals surface area (Å²) < 4.78 is 6.51. The maximum atomic E-state index is 12.8. The number of hydrogen-bond acceptors (Lipinski definition) is 3. The van der Waals surface area contributed by atoms with Gasteiger partial charge in [0.15, 0.2) is 6.61 Å². The zero-order chi connectivity index (χ0) is 19.8. The largest absolute Gasteiger partial charge is 0.484 e. The third-order valence-electron chi connectivity index (χ3n) is 3.99. The molecule has 0 fully saturated rings. The number of rotatable bonds is 8. The van der Waals surface area contributed by atoms with Crippen molar-refractivity contribution < 1.29 is 14.3 Å². The van der Waals surface area contributed by atoms with Gasteiger partial charge in [0.25, 0.3) is 5.91 Å². The summed E-state index contributed by atoms with van der Waals surface area (Å²) in [6.45, 7) is 4.07. The van der Waals surface area contributed by atoms with Crippen molar-refractivity contribution in [3.8, 4) is 5.75 Å². The number of nitrogens with zero attached hydrogens (tertiary/aromatic N) is 1. The highest BCUT2D eigenvalue weighted by Gasteiger charge is 2.26.